The van der Waals surface area contributed by atoms with Crippen LogP contribution in [0.2, 0.25) is 0 Å². The van der Waals surface area contributed by atoms with E-state index in [1.165, 1.54) is 15.7 Å². The van der Waals surface area contributed by atoms with E-state index in [9.17, 15) is 0 Å². The van der Waals surface area contributed by atoms with Gasteiger partial charge in [-0.15, -0.1) is 0 Å². The molecule has 0 saturated heterocycles. The van der Waals surface area contributed by atoms with Crippen molar-refractivity contribution in [3.8, 4) is 0 Å². The number of halogens is 1. The fourth-order valence-corrected chi connectivity index (χ4v) is 2.00. The van der Waals surface area contributed by atoms with Gasteiger partial charge in [-0.25, -0.2) is 0 Å². The van der Waals surface area contributed by atoms with Gasteiger partial charge in [0.1, 0.15) is 0 Å². The molecule has 0 amide bonds. The van der Waals surface area contributed by atoms with E-state index in [1.807, 2.05) is 6.20 Å². The molecule has 1 atom stereocenters. The lowest BCUT2D eigenvalue weighted by Crippen LogP contribution is -2.11. The Balaban J connectivity index is 2.59. The number of ether oxygens (including phenoxy) is 1. The van der Waals surface area contributed by atoms with E-state index in [2.05, 4.69) is 53.1 Å². The molecule has 3 nitrogen and oxygen atoms in total. The fraction of sp³-hybridized carbons (Fsp3) is 0.750. The van der Waals surface area contributed by atoms with Crippen molar-refractivity contribution in [2.75, 3.05) is 6.61 Å². The lowest BCUT2D eigenvalue weighted by atomic mass is 10.2. The molecule has 0 spiro atoms. The van der Waals surface area contributed by atoms with Crippen molar-refractivity contribution in [2.45, 2.75) is 52.7 Å². The van der Waals surface area contributed by atoms with Crippen LogP contribution in [-0.2, 0) is 11.3 Å². The van der Waals surface area contributed by atoms with Gasteiger partial charge in [-0.3, -0.25) is 4.68 Å². The topological polar surface area (TPSA) is 27.1 Å². The molecule has 0 radical (unpaired) electrons. The minimum absolute atomic E-state index is 0.452. The molecule has 0 aliphatic rings. The highest BCUT2D eigenvalue weighted by Gasteiger charge is 2.12. The SMILES string of the molecule is CCCCOCc1c(I)cnn1[C@@H](C)CC. The third-order valence-electron chi connectivity index (χ3n) is 2.74. The Bertz CT molecular complexity index is 312. The third-order valence-corrected chi connectivity index (χ3v) is 3.64. The van der Waals surface area contributed by atoms with E-state index in [1.54, 1.807) is 0 Å². The molecule has 1 aromatic rings. The first-order valence-electron chi connectivity index (χ1n) is 6.00. The van der Waals surface area contributed by atoms with E-state index < -0.39 is 0 Å². The summed E-state index contributed by atoms with van der Waals surface area (Å²) in [7, 11) is 0. The molecule has 1 aromatic heterocycles. The summed E-state index contributed by atoms with van der Waals surface area (Å²) in [6.07, 6.45) is 5.33. The number of unbranched alkanes of at least 4 members (excludes halogenated alkanes) is 1. The first-order valence-corrected chi connectivity index (χ1v) is 7.08. The summed E-state index contributed by atoms with van der Waals surface area (Å²) in [4.78, 5) is 0. The number of nitrogens with zero attached hydrogens (tertiary/aromatic N) is 2. The molecular weight excluding hydrogens is 315 g/mol. The normalized spacial score (nSPS) is 13.0. The first kappa shape index (κ1) is 14.0. The van der Waals surface area contributed by atoms with Crippen LogP contribution in [0.4, 0.5) is 0 Å². The summed E-state index contributed by atoms with van der Waals surface area (Å²) < 4.78 is 8.96. The molecule has 0 N–H and O–H groups in total. The molecular formula is C12H21IN2O. The van der Waals surface area contributed by atoms with E-state index in [4.69, 9.17) is 4.74 Å². The second-order valence-corrected chi connectivity index (χ2v) is 5.21. The van der Waals surface area contributed by atoms with Crippen LogP contribution in [0, 0.1) is 3.57 Å². The lowest BCUT2D eigenvalue weighted by Gasteiger charge is -2.14. The monoisotopic (exact) mass is 336 g/mol. The van der Waals surface area contributed by atoms with Crippen LogP contribution >= 0.6 is 22.6 Å². The van der Waals surface area contributed by atoms with Crippen molar-refractivity contribution in [1.82, 2.24) is 9.78 Å². The highest BCUT2D eigenvalue weighted by molar-refractivity contribution is 14.1. The Hall–Kier alpha value is -0.100. The van der Waals surface area contributed by atoms with Gasteiger partial charge in [0.2, 0.25) is 0 Å². The Morgan fingerprint density at radius 1 is 1.50 bits per heavy atom. The molecule has 0 unspecified atom stereocenters. The molecule has 92 valence electrons. The maximum absolute atomic E-state index is 5.67. The van der Waals surface area contributed by atoms with Crippen LogP contribution in [-0.4, -0.2) is 16.4 Å². The van der Waals surface area contributed by atoms with Gasteiger partial charge in [0.25, 0.3) is 0 Å². The van der Waals surface area contributed by atoms with Crippen LogP contribution in [0.3, 0.4) is 0 Å². The maximum atomic E-state index is 5.67. The van der Waals surface area contributed by atoms with Gasteiger partial charge in [-0.1, -0.05) is 20.3 Å². The van der Waals surface area contributed by atoms with Crippen molar-refractivity contribution in [3.05, 3.63) is 15.5 Å². The van der Waals surface area contributed by atoms with E-state index in [0.717, 1.165) is 19.4 Å². The summed E-state index contributed by atoms with van der Waals surface area (Å²) in [5.41, 5.74) is 1.21. The molecule has 0 fully saturated rings. The highest BCUT2D eigenvalue weighted by atomic mass is 127. The third kappa shape index (κ3) is 3.73. The van der Waals surface area contributed by atoms with Crippen LogP contribution in [0.1, 0.15) is 51.8 Å². The molecule has 1 rings (SSSR count). The fourth-order valence-electron chi connectivity index (χ4n) is 1.47. The molecule has 0 aromatic carbocycles. The summed E-state index contributed by atoms with van der Waals surface area (Å²) in [5, 5.41) is 4.41. The van der Waals surface area contributed by atoms with Gasteiger partial charge in [0, 0.05) is 12.6 Å². The predicted octanol–water partition coefficient (Wildman–Crippen LogP) is 3.78. The van der Waals surface area contributed by atoms with Crippen molar-refractivity contribution in [1.29, 1.82) is 0 Å². The van der Waals surface area contributed by atoms with Crippen LogP contribution in [0.5, 0.6) is 0 Å². The summed E-state index contributed by atoms with van der Waals surface area (Å²) in [5.74, 6) is 0. The van der Waals surface area contributed by atoms with Crippen LogP contribution in [0.15, 0.2) is 6.20 Å². The summed E-state index contributed by atoms with van der Waals surface area (Å²) in [6.45, 7) is 8.08. The Morgan fingerprint density at radius 2 is 2.25 bits per heavy atom. The molecule has 4 heteroatoms. The molecule has 1 heterocycles. The van der Waals surface area contributed by atoms with Gasteiger partial charge in [0.15, 0.2) is 0 Å². The predicted molar refractivity (Wildman–Crippen MR) is 74.5 cm³/mol. The van der Waals surface area contributed by atoms with Crippen molar-refractivity contribution < 1.29 is 4.74 Å². The number of rotatable bonds is 7. The number of aromatic nitrogens is 2. The minimum Gasteiger partial charge on any atom is -0.375 e. The molecule has 16 heavy (non-hydrogen) atoms. The Morgan fingerprint density at radius 3 is 2.88 bits per heavy atom. The van der Waals surface area contributed by atoms with Gasteiger partial charge < -0.3 is 4.74 Å². The van der Waals surface area contributed by atoms with Crippen LogP contribution < -0.4 is 0 Å². The van der Waals surface area contributed by atoms with Crippen LogP contribution in [0.25, 0.3) is 0 Å². The van der Waals surface area contributed by atoms with Gasteiger partial charge in [-0.05, 0) is 42.4 Å². The zero-order valence-electron chi connectivity index (χ0n) is 10.4. The summed E-state index contributed by atoms with van der Waals surface area (Å²) in [6, 6.07) is 0.452. The first-order chi connectivity index (χ1) is 7.70. The quantitative estimate of drug-likeness (QED) is 0.560. The largest absolute Gasteiger partial charge is 0.375 e. The summed E-state index contributed by atoms with van der Waals surface area (Å²) >= 11 is 2.33. The van der Waals surface area contributed by atoms with E-state index in [0.29, 0.717) is 12.6 Å². The van der Waals surface area contributed by atoms with Gasteiger partial charge >= 0.3 is 0 Å². The van der Waals surface area contributed by atoms with Crippen molar-refractivity contribution in [2.24, 2.45) is 0 Å². The molecule has 0 aliphatic carbocycles. The average molecular weight is 336 g/mol. The Labute approximate surface area is 112 Å². The maximum Gasteiger partial charge on any atom is 0.0895 e. The second-order valence-electron chi connectivity index (χ2n) is 4.05. The van der Waals surface area contributed by atoms with Gasteiger partial charge in [-0.2, -0.15) is 5.10 Å². The molecule has 0 aliphatic heterocycles. The second kappa shape index (κ2) is 7.27. The van der Waals surface area contributed by atoms with Crippen molar-refractivity contribution in [3.63, 3.8) is 0 Å². The molecule has 0 saturated carbocycles. The van der Waals surface area contributed by atoms with E-state index >= 15 is 0 Å². The standard InChI is InChI=1S/C12H21IN2O/c1-4-6-7-16-9-12-11(13)8-14-15(12)10(3)5-2/h8,10H,4-7,9H2,1-3H3/t10-/m0/s1. The van der Waals surface area contributed by atoms with Crippen molar-refractivity contribution >= 4 is 22.6 Å². The molecule has 0 bridgehead atoms. The average Bonchev–Trinajstić information content (AvgIpc) is 2.65. The minimum atomic E-state index is 0.452. The Kier molecular flexibility index (Phi) is 6.34. The zero-order chi connectivity index (χ0) is 12.0. The lowest BCUT2D eigenvalue weighted by molar-refractivity contribution is 0.110. The highest BCUT2D eigenvalue weighted by Crippen LogP contribution is 2.19. The number of hydrogen-bond donors (Lipinski definition) is 0. The number of hydrogen-bond acceptors (Lipinski definition) is 2. The van der Waals surface area contributed by atoms with Gasteiger partial charge in [0.05, 0.1) is 22.1 Å². The smallest absolute Gasteiger partial charge is 0.0895 e. The van der Waals surface area contributed by atoms with E-state index in [-0.39, 0.29) is 0 Å². The zero-order valence-corrected chi connectivity index (χ0v) is 12.5.